The lowest BCUT2D eigenvalue weighted by Gasteiger charge is -2.40. The maximum atomic E-state index is 11.6. The van der Waals surface area contributed by atoms with Crippen molar-refractivity contribution in [2.45, 2.75) is 24.9 Å². The van der Waals surface area contributed by atoms with Crippen LogP contribution in [0.1, 0.15) is 17.8 Å². The van der Waals surface area contributed by atoms with Gasteiger partial charge in [-0.05, 0) is 36.2 Å². The molecule has 0 amide bonds. The topological polar surface area (TPSA) is 67.2 Å². The van der Waals surface area contributed by atoms with Gasteiger partial charge in [0.05, 0.1) is 23.3 Å². The number of imidazole rings is 1. The molecular formula is C22H25ClN4O2S. The fraction of sp³-hybridized carbons (Fsp3) is 0.409. The maximum absolute atomic E-state index is 11.6. The van der Waals surface area contributed by atoms with Crippen LogP contribution in [0.25, 0.3) is 11.0 Å². The lowest BCUT2D eigenvalue weighted by molar-refractivity contribution is 0.295. The molecule has 0 aliphatic carbocycles. The second-order valence-electron chi connectivity index (χ2n) is 8.55. The molecule has 2 aliphatic rings. The minimum absolute atomic E-state index is 0.168. The molecule has 5 rings (SSSR count). The Bertz CT molecular complexity index is 1220. The van der Waals surface area contributed by atoms with Crippen LogP contribution < -0.4 is 10.2 Å². The normalized spacial score (nSPS) is 17.5. The van der Waals surface area contributed by atoms with Crippen molar-refractivity contribution in [2.75, 3.05) is 36.5 Å². The van der Waals surface area contributed by atoms with E-state index in [1.807, 2.05) is 18.2 Å². The molecule has 1 fully saturated rings. The lowest BCUT2D eigenvalue weighted by atomic mass is 9.77. The van der Waals surface area contributed by atoms with Crippen molar-refractivity contribution in [3.8, 4) is 0 Å². The minimum atomic E-state index is -3.00. The lowest BCUT2D eigenvalue weighted by Crippen LogP contribution is -2.58. The number of aromatic nitrogens is 2. The van der Waals surface area contributed by atoms with Crippen molar-refractivity contribution in [3.63, 3.8) is 0 Å². The number of para-hydroxylation sites is 1. The second kappa shape index (κ2) is 7.25. The Morgan fingerprint density at radius 1 is 1.20 bits per heavy atom. The number of anilines is 1. The van der Waals surface area contributed by atoms with Gasteiger partial charge in [-0.25, -0.2) is 13.4 Å². The highest BCUT2D eigenvalue weighted by Crippen LogP contribution is 2.43. The van der Waals surface area contributed by atoms with E-state index >= 15 is 0 Å². The highest BCUT2D eigenvalue weighted by molar-refractivity contribution is 7.90. The molecule has 0 unspecified atom stereocenters. The predicted molar refractivity (Wildman–Crippen MR) is 121 cm³/mol. The summed E-state index contributed by atoms with van der Waals surface area (Å²) < 4.78 is 25.4. The molecule has 8 heteroatoms. The number of sulfone groups is 1. The second-order valence-corrected chi connectivity index (χ2v) is 11.2. The summed E-state index contributed by atoms with van der Waals surface area (Å²) in [5, 5.41) is 4.08. The first-order valence-electron chi connectivity index (χ1n) is 10.2. The third kappa shape index (κ3) is 3.49. The number of fused-ring (bicyclic) bond motifs is 3. The molecule has 0 radical (unpaired) electrons. The highest BCUT2D eigenvalue weighted by atomic mass is 35.5. The quantitative estimate of drug-likeness (QED) is 0.633. The van der Waals surface area contributed by atoms with Gasteiger partial charge in [0.1, 0.15) is 15.7 Å². The molecule has 158 valence electrons. The van der Waals surface area contributed by atoms with E-state index in [-0.39, 0.29) is 11.2 Å². The first-order valence-corrected chi connectivity index (χ1v) is 12.7. The molecule has 2 aliphatic heterocycles. The molecule has 0 saturated carbocycles. The van der Waals surface area contributed by atoms with E-state index in [1.54, 1.807) is 0 Å². The molecule has 1 aromatic heterocycles. The first kappa shape index (κ1) is 19.8. The number of halogens is 1. The van der Waals surface area contributed by atoms with Crippen LogP contribution in [0.15, 0.2) is 42.5 Å². The van der Waals surface area contributed by atoms with E-state index in [0.29, 0.717) is 24.5 Å². The maximum Gasteiger partial charge on any atom is 0.147 e. The summed E-state index contributed by atoms with van der Waals surface area (Å²) in [7, 11) is -3.00. The van der Waals surface area contributed by atoms with Gasteiger partial charge in [0.15, 0.2) is 0 Å². The zero-order valence-electron chi connectivity index (χ0n) is 16.9. The standard InChI is InChI=1S/C22H25ClN4O2S/c1-30(28,29)10-4-9-27-20-8-7-16(23)11-18(20)25-21(27)12-26-15-22(13-24-14-22)17-5-2-3-6-19(17)26/h2-3,5-8,11,24H,4,9-10,12-15H2,1H3. The number of aryl methyl sites for hydroxylation is 1. The largest absolute Gasteiger partial charge is 0.363 e. The van der Waals surface area contributed by atoms with E-state index < -0.39 is 9.84 Å². The van der Waals surface area contributed by atoms with E-state index in [0.717, 1.165) is 36.5 Å². The molecule has 6 nitrogen and oxygen atoms in total. The summed E-state index contributed by atoms with van der Waals surface area (Å²) in [6, 6.07) is 14.4. The van der Waals surface area contributed by atoms with Gasteiger partial charge in [-0.2, -0.15) is 0 Å². The summed E-state index contributed by atoms with van der Waals surface area (Å²) in [6.45, 7) is 4.26. The van der Waals surface area contributed by atoms with Gasteiger partial charge in [-0.15, -0.1) is 0 Å². The van der Waals surface area contributed by atoms with E-state index in [1.165, 1.54) is 17.5 Å². The van der Waals surface area contributed by atoms with Crippen molar-refractivity contribution < 1.29 is 8.42 Å². The molecular weight excluding hydrogens is 420 g/mol. The van der Waals surface area contributed by atoms with Gasteiger partial charge in [-0.3, -0.25) is 0 Å². The van der Waals surface area contributed by atoms with Crippen molar-refractivity contribution in [1.82, 2.24) is 14.9 Å². The number of rotatable bonds is 6. The van der Waals surface area contributed by atoms with Crippen LogP contribution in [0.2, 0.25) is 5.02 Å². The summed E-state index contributed by atoms with van der Waals surface area (Å²) in [5.41, 5.74) is 4.71. The number of benzene rings is 2. The SMILES string of the molecule is CS(=O)(=O)CCCn1c(CN2CC3(CNC3)c3ccccc32)nc2cc(Cl)ccc21. The molecule has 0 bridgehead atoms. The van der Waals surface area contributed by atoms with Gasteiger partial charge in [0.2, 0.25) is 0 Å². The van der Waals surface area contributed by atoms with Crippen molar-refractivity contribution in [3.05, 3.63) is 58.9 Å². The molecule has 30 heavy (non-hydrogen) atoms. The summed E-state index contributed by atoms with van der Waals surface area (Å²) >= 11 is 6.20. The average molecular weight is 445 g/mol. The molecule has 0 atom stereocenters. The van der Waals surface area contributed by atoms with Crippen LogP contribution in [-0.2, 0) is 28.3 Å². The van der Waals surface area contributed by atoms with Crippen LogP contribution in [0, 0.1) is 0 Å². The van der Waals surface area contributed by atoms with Gasteiger partial charge in [0, 0.05) is 48.6 Å². The van der Waals surface area contributed by atoms with Crippen LogP contribution in [0.4, 0.5) is 5.69 Å². The minimum Gasteiger partial charge on any atom is -0.363 e. The fourth-order valence-electron chi connectivity index (χ4n) is 4.78. The molecule has 1 N–H and O–H groups in total. The molecule has 3 aromatic rings. The van der Waals surface area contributed by atoms with Crippen molar-refractivity contribution in [1.29, 1.82) is 0 Å². The number of hydrogen-bond donors (Lipinski definition) is 1. The van der Waals surface area contributed by atoms with Crippen molar-refractivity contribution >= 4 is 38.2 Å². The average Bonchev–Trinajstić information content (AvgIpc) is 3.17. The van der Waals surface area contributed by atoms with Crippen molar-refractivity contribution in [2.24, 2.45) is 0 Å². The van der Waals surface area contributed by atoms with Gasteiger partial charge >= 0.3 is 0 Å². The van der Waals surface area contributed by atoms with Crippen LogP contribution >= 0.6 is 11.6 Å². The molecule has 2 aromatic carbocycles. The zero-order chi connectivity index (χ0) is 20.9. The van der Waals surface area contributed by atoms with Gasteiger partial charge in [-0.1, -0.05) is 29.8 Å². The summed E-state index contributed by atoms with van der Waals surface area (Å²) in [5.74, 6) is 1.11. The first-order chi connectivity index (χ1) is 14.3. The smallest absolute Gasteiger partial charge is 0.147 e. The van der Waals surface area contributed by atoms with E-state index in [4.69, 9.17) is 16.6 Å². The number of hydrogen-bond acceptors (Lipinski definition) is 5. The number of nitrogens with zero attached hydrogens (tertiary/aromatic N) is 3. The van der Waals surface area contributed by atoms with E-state index in [9.17, 15) is 8.42 Å². The third-order valence-corrected chi connectivity index (χ3v) is 7.52. The fourth-order valence-corrected chi connectivity index (χ4v) is 5.60. The highest BCUT2D eigenvalue weighted by Gasteiger charge is 2.47. The number of nitrogens with one attached hydrogen (secondary N) is 1. The van der Waals surface area contributed by atoms with Crippen LogP contribution in [0.5, 0.6) is 0 Å². The Hall–Kier alpha value is -2.09. The monoisotopic (exact) mass is 444 g/mol. The predicted octanol–water partition coefficient (Wildman–Crippen LogP) is 2.99. The zero-order valence-corrected chi connectivity index (χ0v) is 18.5. The van der Waals surface area contributed by atoms with Crippen LogP contribution in [-0.4, -0.2) is 49.6 Å². The molecule has 1 saturated heterocycles. The summed E-state index contributed by atoms with van der Waals surface area (Å²) in [4.78, 5) is 7.30. The third-order valence-electron chi connectivity index (χ3n) is 6.25. The Labute approximate surface area is 181 Å². The molecule has 1 spiro atoms. The molecule has 3 heterocycles. The van der Waals surface area contributed by atoms with Gasteiger partial charge < -0.3 is 14.8 Å². The van der Waals surface area contributed by atoms with E-state index in [2.05, 4.69) is 39.0 Å². The van der Waals surface area contributed by atoms with Gasteiger partial charge in [0.25, 0.3) is 0 Å². The summed E-state index contributed by atoms with van der Waals surface area (Å²) in [6.07, 6.45) is 1.84. The Morgan fingerprint density at radius 3 is 2.73 bits per heavy atom. The Morgan fingerprint density at radius 2 is 2.00 bits per heavy atom. The Kier molecular flexibility index (Phi) is 4.80. The Balaban J connectivity index is 1.49. The van der Waals surface area contributed by atoms with Crippen LogP contribution in [0.3, 0.4) is 0 Å².